The van der Waals surface area contributed by atoms with Crippen LogP contribution in [0.1, 0.15) is 19.8 Å². The molecule has 2 N–H and O–H groups in total. The SMILES string of the molecule is CCN(C(=O)C1C2CCC(O2)C1C(=O)O)c1cnc[nH]1. The second-order valence-electron chi connectivity index (χ2n) is 5.20. The van der Waals surface area contributed by atoms with Gasteiger partial charge in [-0.15, -0.1) is 0 Å². The molecule has 20 heavy (non-hydrogen) atoms. The molecule has 1 amide bonds. The van der Waals surface area contributed by atoms with Crippen molar-refractivity contribution in [3.8, 4) is 0 Å². The van der Waals surface area contributed by atoms with Crippen LogP contribution in [0.2, 0.25) is 0 Å². The Morgan fingerprint density at radius 3 is 2.70 bits per heavy atom. The fourth-order valence-corrected chi connectivity index (χ4v) is 3.33. The maximum Gasteiger partial charge on any atom is 0.310 e. The number of nitrogens with zero attached hydrogens (tertiary/aromatic N) is 2. The molecule has 7 heteroatoms. The lowest BCUT2D eigenvalue weighted by molar-refractivity contribution is -0.147. The van der Waals surface area contributed by atoms with E-state index in [9.17, 15) is 14.7 Å². The van der Waals surface area contributed by atoms with Gasteiger partial charge < -0.3 is 14.8 Å². The molecule has 2 bridgehead atoms. The monoisotopic (exact) mass is 279 g/mol. The van der Waals surface area contributed by atoms with Crippen molar-refractivity contribution in [3.05, 3.63) is 12.5 Å². The van der Waals surface area contributed by atoms with Crippen LogP contribution in [0.4, 0.5) is 5.82 Å². The molecule has 2 fully saturated rings. The lowest BCUT2D eigenvalue weighted by atomic mass is 9.78. The van der Waals surface area contributed by atoms with Gasteiger partial charge in [-0.3, -0.25) is 14.5 Å². The van der Waals surface area contributed by atoms with Gasteiger partial charge >= 0.3 is 5.97 Å². The molecule has 2 aliphatic rings. The average molecular weight is 279 g/mol. The number of carboxylic acids is 1. The van der Waals surface area contributed by atoms with Crippen LogP contribution in [0.25, 0.3) is 0 Å². The van der Waals surface area contributed by atoms with Gasteiger partial charge in [-0.05, 0) is 19.8 Å². The molecule has 3 heterocycles. The van der Waals surface area contributed by atoms with Crippen LogP contribution in [-0.4, -0.2) is 45.7 Å². The molecule has 0 aromatic carbocycles. The first-order valence-corrected chi connectivity index (χ1v) is 6.81. The number of hydrogen-bond donors (Lipinski definition) is 2. The molecule has 0 aliphatic carbocycles. The number of H-pyrrole nitrogens is 1. The Labute approximate surface area is 115 Å². The smallest absolute Gasteiger partial charge is 0.310 e. The third-order valence-corrected chi connectivity index (χ3v) is 4.20. The van der Waals surface area contributed by atoms with E-state index in [-0.39, 0.29) is 18.1 Å². The number of fused-ring (bicyclic) bond motifs is 2. The number of carbonyl (C=O) groups is 2. The van der Waals surface area contributed by atoms with E-state index in [0.717, 1.165) is 12.8 Å². The lowest BCUT2D eigenvalue weighted by Crippen LogP contribution is -2.46. The van der Waals surface area contributed by atoms with Gasteiger partial charge in [-0.25, -0.2) is 4.98 Å². The maximum absolute atomic E-state index is 12.7. The van der Waals surface area contributed by atoms with Crippen molar-refractivity contribution in [2.24, 2.45) is 11.8 Å². The van der Waals surface area contributed by atoms with Gasteiger partial charge in [0.05, 0.1) is 36.6 Å². The van der Waals surface area contributed by atoms with E-state index < -0.39 is 17.8 Å². The summed E-state index contributed by atoms with van der Waals surface area (Å²) < 4.78 is 5.64. The van der Waals surface area contributed by atoms with Crippen LogP contribution >= 0.6 is 0 Å². The molecule has 7 nitrogen and oxygen atoms in total. The van der Waals surface area contributed by atoms with E-state index in [2.05, 4.69) is 9.97 Å². The summed E-state index contributed by atoms with van der Waals surface area (Å²) in [6.07, 6.45) is 3.94. The molecular formula is C13H17N3O4. The number of ether oxygens (including phenoxy) is 1. The quantitative estimate of drug-likeness (QED) is 0.843. The molecule has 0 radical (unpaired) electrons. The Kier molecular flexibility index (Phi) is 3.21. The topological polar surface area (TPSA) is 95.5 Å². The molecule has 1 aromatic rings. The van der Waals surface area contributed by atoms with Crippen molar-refractivity contribution in [1.82, 2.24) is 9.97 Å². The minimum absolute atomic E-state index is 0.198. The van der Waals surface area contributed by atoms with Gasteiger partial charge in [0.2, 0.25) is 5.91 Å². The highest BCUT2D eigenvalue weighted by molar-refractivity contribution is 5.97. The summed E-state index contributed by atoms with van der Waals surface area (Å²) in [6, 6.07) is 0. The number of aromatic nitrogens is 2. The Morgan fingerprint density at radius 1 is 1.45 bits per heavy atom. The van der Waals surface area contributed by atoms with E-state index in [1.165, 1.54) is 11.2 Å². The number of carboxylic acid groups (broad SMARTS) is 1. The zero-order valence-electron chi connectivity index (χ0n) is 11.2. The summed E-state index contributed by atoms with van der Waals surface area (Å²) in [5.74, 6) is -1.90. The number of imidazole rings is 1. The molecule has 108 valence electrons. The summed E-state index contributed by atoms with van der Waals surface area (Å²) in [5.41, 5.74) is 0. The summed E-state index contributed by atoms with van der Waals surface area (Å²) in [5, 5.41) is 9.37. The van der Waals surface area contributed by atoms with Gasteiger partial charge in [-0.1, -0.05) is 0 Å². The lowest BCUT2D eigenvalue weighted by Gasteiger charge is -2.29. The van der Waals surface area contributed by atoms with Crippen LogP contribution in [0.5, 0.6) is 0 Å². The van der Waals surface area contributed by atoms with E-state index in [0.29, 0.717) is 12.4 Å². The molecule has 2 saturated heterocycles. The van der Waals surface area contributed by atoms with Crippen LogP contribution in [0, 0.1) is 11.8 Å². The fourth-order valence-electron chi connectivity index (χ4n) is 3.33. The van der Waals surface area contributed by atoms with E-state index in [1.54, 1.807) is 6.20 Å². The predicted molar refractivity (Wildman–Crippen MR) is 69.1 cm³/mol. The zero-order valence-corrected chi connectivity index (χ0v) is 11.2. The van der Waals surface area contributed by atoms with Crippen LogP contribution in [-0.2, 0) is 14.3 Å². The normalized spacial score (nSPS) is 31.4. The Morgan fingerprint density at radius 2 is 2.15 bits per heavy atom. The number of nitrogens with one attached hydrogen (secondary N) is 1. The average Bonchev–Trinajstić information content (AvgIpc) is 3.14. The molecule has 2 aliphatic heterocycles. The summed E-state index contributed by atoms with van der Waals surface area (Å²) in [6.45, 7) is 2.31. The van der Waals surface area contributed by atoms with Crippen molar-refractivity contribution in [2.45, 2.75) is 32.0 Å². The molecule has 0 saturated carbocycles. The predicted octanol–water partition coefficient (Wildman–Crippen LogP) is 0.641. The first-order valence-electron chi connectivity index (χ1n) is 6.81. The highest BCUT2D eigenvalue weighted by Crippen LogP contribution is 2.44. The highest BCUT2D eigenvalue weighted by Gasteiger charge is 2.56. The molecule has 3 rings (SSSR count). The van der Waals surface area contributed by atoms with Crippen molar-refractivity contribution in [1.29, 1.82) is 0 Å². The second kappa shape index (κ2) is 4.90. The van der Waals surface area contributed by atoms with Crippen molar-refractivity contribution in [3.63, 3.8) is 0 Å². The molecule has 1 aromatic heterocycles. The number of aliphatic carboxylic acids is 1. The van der Waals surface area contributed by atoms with E-state index in [4.69, 9.17) is 4.74 Å². The molecular weight excluding hydrogens is 262 g/mol. The third-order valence-electron chi connectivity index (χ3n) is 4.20. The van der Waals surface area contributed by atoms with E-state index >= 15 is 0 Å². The number of anilines is 1. The van der Waals surface area contributed by atoms with Crippen LogP contribution < -0.4 is 4.90 Å². The summed E-state index contributed by atoms with van der Waals surface area (Å²) >= 11 is 0. The second-order valence-corrected chi connectivity index (χ2v) is 5.20. The van der Waals surface area contributed by atoms with Crippen LogP contribution in [0.15, 0.2) is 12.5 Å². The first-order chi connectivity index (χ1) is 9.63. The number of aromatic amines is 1. The summed E-state index contributed by atoms with van der Waals surface area (Å²) in [7, 11) is 0. The maximum atomic E-state index is 12.7. The number of rotatable bonds is 4. The molecule has 0 spiro atoms. The Hall–Kier alpha value is -1.89. The zero-order chi connectivity index (χ0) is 14.3. The fraction of sp³-hybridized carbons (Fsp3) is 0.615. The standard InChI is InChI=1S/C13H17N3O4/c1-2-16(9-5-14-6-15-9)12(17)10-7-3-4-8(20-7)11(10)13(18)19/h5-8,10-11H,2-4H2,1H3,(H,14,15)(H,18,19). The minimum Gasteiger partial charge on any atom is -0.481 e. The number of amides is 1. The number of hydrogen-bond acceptors (Lipinski definition) is 4. The highest BCUT2D eigenvalue weighted by atomic mass is 16.5. The molecule has 4 atom stereocenters. The van der Waals surface area contributed by atoms with Crippen molar-refractivity contribution in [2.75, 3.05) is 11.4 Å². The van der Waals surface area contributed by atoms with Gasteiger partial charge in [0.1, 0.15) is 5.82 Å². The largest absolute Gasteiger partial charge is 0.481 e. The van der Waals surface area contributed by atoms with Crippen molar-refractivity contribution >= 4 is 17.7 Å². The van der Waals surface area contributed by atoms with Crippen LogP contribution in [0.3, 0.4) is 0 Å². The third kappa shape index (κ3) is 1.89. The Bertz CT molecular complexity index is 516. The van der Waals surface area contributed by atoms with Gasteiger partial charge in [0.15, 0.2) is 0 Å². The Balaban J connectivity index is 1.87. The van der Waals surface area contributed by atoms with E-state index in [1.807, 2.05) is 6.92 Å². The summed E-state index contributed by atoms with van der Waals surface area (Å²) in [4.78, 5) is 32.5. The van der Waals surface area contributed by atoms with Gasteiger partial charge in [0, 0.05) is 6.54 Å². The van der Waals surface area contributed by atoms with Gasteiger partial charge in [0.25, 0.3) is 0 Å². The van der Waals surface area contributed by atoms with Crippen molar-refractivity contribution < 1.29 is 19.4 Å². The molecule has 4 unspecified atom stereocenters. The minimum atomic E-state index is -0.948. The number of carbonyl (C=O) groups excluding carboxylic acids is 1. The first kappa shape index (κ1) is 13.1. The van der Waals surface area contributed by atoms with Gasteiger partial charge in [-0.2, -0.15) is 0 Å².